The van der Waals surface area contributed by atoms with E-state index in [1.54, 1.807) is 6.07 Å². The summed E-state index contributed by atoms with van der Waals surface area (Å²) in [5.74, 6) is 0.528. The first-order valence-corrected chi connectivity index (χ1v) is 13.5. The van der Waals surface area contributed by atoms with E-state index < -0.39 is 5.54 Å². The van der Waals surface area contributed by atoms with Gasteiger partial charge in [0.2, 0.25) is 11.8 Å². The van der Waals surface area contributed by atoms with E-state index in [0.717, 1.165) is 41.8 Å². The van der Waals surface area contributed by atoms with E-state index in [4.69, 9.17) is 10.2 Å². The summed E-state index contributed by atoms with van der Waals surface area (Å²) in [6.45, 7) is 4.65. The van der Waals surface area contributed by atoms with Crippen LogP contribution in [0.4, 0.5) is 5.69 Å². The van der Waals surface area contributed by atoms with Crippen molar-refractivity contribution in [3.8, 4) is 28.7 Å². The Morgan fingerprint density at radius 3 is 2.55 bits per heavy atom. The fourth-order valence-electron chi connectivity index (χ4n) is 5.37. The van der Waals surface area contributed by atoms with Gasteiger partial charge in [-0.25, -0.2) is 0 Å². The van der Waals surface area contributed by atoms with E-state index in [2.05, 4.69) is 23.2 Å². The smallest absolute Gasteiger partial charge is 0.254 e. The van der Waals surface area contributed by atoms with E-state index in [1.807, 2.05) is 91.5 Å². The Labute approximate surface area is 235 Å². The minimum atomic E-state index is -0.887. The van der Waals surface area contributed by atoms with Crippen LogP contribution in [0.5, 0.6) is 0 Å². The highest BCUT2D eigenvalue weighted by Crippen LogP contribution is 2.35. The average Bonchev–Trinajstić information content (AvgIpc) is 3.62. The quantitative estimate of drug-likeness (QED) is 0.339. The average molecular weight is 535 g/mol. The van der Waals surface area contributed by atoms with Crippen LogP contribution in [0.15, 0.2) is 71.1 Å². The molecule has 2 N–H and O–H groups in total. The second-order valence-electron chi connectivity index (χ2n) is 11.0. The molecular formula is C32H34N6O2. The van der Waals surface area contributed by atoms with Crippen molar-refractivity contribution in [2.24, 2.45) is 5.73 Å². The summed E-state index contributed by atoms with van der Waals surface area (Å²) in [6, 6.07) is 23.7. The number of anilines is 1. The van der Waals surface area contributed by atoms with Crippen LogP contribution in [0.2, 0.25) is 0 Å². The van der Waals surface area contributed by atoms with Gasteiger partial charge in [0, 0.05) is 43.4 Å². The van der Waals surface area contributed by atoms with Crippen LogP contribution in [-0.4, -0.2) is 47.7 Å². The molecule has 8 heteroatoms. The highest BCUT2D eigenvalue weighted by molar-refractivity contribution is 5.97. The molecule has 0 spiro atoms. The normalized spacial score (nSPS) is 16.4. The van der Waals surface area contributed by atoms with E-state index in [9.17, 15) is 10.1 Å². The van der Waals surface area contributed by atoms with Gasteiger partial charge in [0.1, 0.15) is 6.07 Å². The highest BCUT2D eigenvalue weighted by atomic mass is 16.4. The Hall–Kier alpha value is -4.48. The molecule has 0 radical (unpaired) electrons. The number of benzene rings is 3. The van der Waals surface area contributed by atoms with Crippen molar-refractivity contribution in [2.45, 2.75) is 44.7 Å². The first-order valence-electron chi connectivity index (χ1n) is 13.5. The molecule has 1 saturated heterocycles. The van der Waals surface area contributed by atoms with Gasteiger partial charge in [-0.15, -0.1) is 10.2 Å². The minimum Gasteiger partial charge on any atom is -0.419 e. The second kappa shape index (κ2) is 10.9. The number of nitriles is 1. The monoisotopic (exact) mass is 534 g/mol. The standard InChI is InChI=1S/C32H34N6O2/c1-21-10-9-15-38(21)30(39)25-17-23(26-13-8-14-28(37(3)4)27(26)20-33)16-24(18-25)29-35-36-31(40-29)32(2,34)19-22-11-6-5-7-12-22/h5-8,11-14,16-18,21H,9-10,15,19,34H2,1-4H3/t21?,32-/m1/s1. The maximum absolute atomic E-state index is 13.7. The molecular weight excluding hydrogens is 500 g/mol. The Balaban J connectivity index is 1.60. The zero-order valence-corrected chi connectivity index (χ0v) is 23.4. The number of amides is 1. The van der Waals surface area contributed by atoms with E-state index in [-0.39, 0.29) is 17.8 Å². The second-order valence-corrected chi connectivity index (χ2v) is 11.0. The lowest BCUT2D eigenvalue weighted by atomic mass is 9.94. The van der Waals surface area contributed by atoms with Gasteiger partial charge in [-0.1, -0.05) is 42.5 Å². The largest absolute Gasteiger partial charge is 0.419 e. The summed E-state index contributed by atoms with van der Waals surface area (Å²) in [4.78, 5) is 17.5. The van der Waals surface area contributed by atoms with Crippen LogP contribution in [-0.2, 0) is 12.0 Å². The SMILES string of the molecule is CC1CCCN1C(=O)c1cc(-c2nnc([C@](C)(N)Cc3ccccc3)o2)cc(-c2cccc(N(C)C)c2C#N)c1. The van der Waals surface area contributed by atoms with Gasteiger partial charge in [0.25, 0.3) is 5.91 Å². The summed E-state index contributed by atoms with van der Waals surface area (Å²) >= 11 is 0. The molecule has 1 amide bonds. The van der Waals surface area contributed by atoms with Crippen LogP contribution in [0.3, 0.4) is 0 Å². The number of hydrogen-bond donors (Lipinski definition) is 1. The molecule has 0 bridgehead atoms. The minimum absolute atomic E-state index is 0.0529. The summed E-state index contributed by atoms with van der Waals surface area (Å²) in [5, 5.41) is 18.7. The lowest BCUT2D eigenvalue weighted by Gasteiger charge is -2.22. The van der Waals surface area contributed by atoms with Crippen molar-refractivity contribution in [3.63, 3.8) is 0 Å². The molecule has 8 nitrogen and oxygen atoms in total. The number of carbonyl (C=O) groups excluding carboxylic acids is 1. The zero-order valence-electron chi connectivity index (χ0n) is 23.4. The molecule has 1 fully saturated rings. The number of aromatic nitrogens is 2. The number of carbonyl (C=O) groups is 1. The number of nitrogens with zero attached hydrogens (tertiary/aromatic N) is 5. The van der Waals surface area contributed by atoms with Gasteiger partial charge in [0.15, 0.2) is 0 Å². The van der Waals surface area contributed by atoms with Crippen molar-refractivity contribution in [1.29, 1.82) is 5.26 Å². The molecule has 4 aromatic rings. The maximum Gasteiger partial charge on any atom is 0.254 e. The van der Waals surface area contributed by atoms with Crippen molar-refractivity contribution in [3.05, 3.63) is 89.3 Å². The summed E-state index contributed by atoms with van der Waals surface area (Å²) < 4.78 is 6.15. The molecule has 2 atom stereocenters. The van der Waals surface area contributed by atoms with E-state index >= 15 is 0 Å². The number of likely N-dealkylation sites (tertiary alicyclic amines) is 1. The lowest BCUT2D eigenvalue weighted by Crippen LogP contribution is -2.35. The number of hydrogen-bond acceptors (Lipinski definition) is 7. The highest BCUT2D eigenvalue weighted by Gasteiger charge is 2.30. The van der Waals surface area contributed by atoms with E-state index in [1.165, 1.54) is 0 Å². The van der Waals surface area contributed by atoms with Gasteiger partial charge < -0.3 is 20.0 Å². The predicted molar refractivity (Wildman–Crippen MR) is 156 cm³/mol. The first kappa shape index (κ1) is 27.1. The van der Waals surface area contributed by atoms with Crippen molar-refractivity contribution in [1.82, 2.24) is 15.1 Å². The molecule has 5 rings (SSSR count). The van der Waals surface area contributed by atoms with Crippen molar-refractivity contribution < 1.29 is 9.21 Å². The summed E-state index contributed by atoms with van der Waals surface area (Å²) in [6.07, 6.45) is 2.48. The van der Waals surface area contributed by atoms with Gasteiger partial charge in [-0.05, 0) is 68.5 Å². The Bertz CT molecular complexity index is 1570. The van der Waals surface area contributed by atoms with Crippen LogP contribution in [0.1, 0.15) is 54.1 Å². The number of rotatable bonds is 7. The molecule has 204 valence electrons. The van der Waals surface area contributed by atoms with Gasteiger partial charge >= 0.3 is 0 Å². The lowest BCUT2D eigenvalue weighted by molar-refractivity contribution is 0.0747. The maximum atomic E-state index is 13.7. The summed E-state index contributed by atoms with van der Waals surface area (Å²) in [7, 11) is 3.80. The van der Waals surface area contributed by atoms with Crippen LogP contribution < -0.4 is 10.6 Å². The molecule has 40 heavy (non-hydrogen) atoms. The molecule has 0 aliphatic carbocycles. The molecule has 1 aliphatic heterocycles. The van der Waals surface area contributed by atoms with Crippen LogP contribution in [0.25, 0.3) is 22.6 Å². The molecule has 1 aliphatic rings. The van der Waals surface area contributed by atoms with Crippen molar-refractivity contribution >= 4 is 11.6 Å². The third-order valence-electron chi connectivity index (χ3n) is 7.52. The molecule has 0 saturated carbocycles. The van der Waals surface area contributed by atoms with Gasteiger partial charge in [-0.2, -0.15) is 5.26 Å². The number of nitrogens with two attached hydrogens (primary N) is 1. The Morgan fingerprint density at radius 2 is 1.88 bits per heavy atom. The van der Waals surface area contributed by atoms with Crippen molar-refractivity contribution in [2.75, 3.05) is 25.5 Å². The van der Waals surface area contributed by atoms with Gasteiger partial charge in [0.05, 0.1) is 16.8 Å². The fourth-order valence-corrected chi connectivity index (χ4v) is 5.37. The molecule has 3 aromatic carbocycles. The fraction of sp³-hybridized carbons (Fsp3) is 0.312. The third-order valence-corrected chi connectivity index (χ3v) is 7.52. The summed E-state index contributed by atoms with van der Waals surface area (Å²) in [5.41, 5.74) is 10.7. The molecule has 1 aromatic heterocycles. The Morgan fingerprint density at radius 1 is 1.12 bits per heavy atom. The topological polar surface area (TPSA) is 112 Å². The van der Waals surface area contributed by atoms with Crippen LogP contribution in [0, 0.1) is 11.3 Å². The predicted octanol–water partition coefficient (Wildman–Crippen LogP) is 5.38. The van der Waals surface area contributed by atoms with Crippen LogP contribution >= 0.6 is 0 Å². The third kappa shape index (κ3) is 5.33. The first-order chi connectivity index (χ1) is 19.2. The van der Waals surface area contributed by atoms with E-state index in [0.29, 0.717) is 29.0 Å². The van der Waals surface area contributed by atoms with Gasteiger partial charge in [-0.3, -0.25) is 4.79 Å². The zero-order chi connectivity index (χ0) is 28.4. The Kier molecular flexibility index (Phi) is 7.42. The molecule has 2 heterocycles. The molecule has 1 unspecified atom stereocenters.